The van der Waals surface area contributed by atoms with Gasteiger partial charge in [-0.1, -0.05) is 0 Å². The van der Waals surface area contributed by atoms with Crippen LogP contribution in [0.4, 0.5) is 10.1 Å². The molecule has 0 bridgehead atoms. The molecule has 7 nitrogen and oxygen atoms in total. The van der Waals surface area contributed by atoms with Gasteiger partial charge in [0, 0.05) is 43.8 Å². The quantitative estimate of drug-likeness (QED) is 0.428. The lowest BCUT2D eigenvalue weighted by molar-refractivity contribution is 0.154. The Kier molecular flexibility index (Phi) is 5.10. The van der Waals surface area contributed by atoms with Gasteiger partial charge >= 0.3 is 0 Å². The molecule has 3 N–H and O–H groups in total. The number of imidazole rings is 1. The number of halogens is 1. The van der Waals surface area contributed by atoms with Gasteiger partial charge in [-0.05, 0) is 56.4 Å². The number of fused-ring (bicyclic) bond motifs is 2. The van der Waals surface area contributed by atoms with Crippen LogP contribution in [0.5, 0.6) is 0 Å². The van der Waals surface area contributed by atoms with Gasteiger partial charge in [0.25, 0.3) is 0 Å². The van der Waals surface area contributed by atoms with Crippen molar-refractivity contribution >= 4 is 27.6 Å². The molecule has 5 rings (SSSR count). The Morgan fingerprint density at radius 1 is 1.07 bits per heavy atom. The van der Waals surface area contributed by atoms with Crippen molar-refractivity contribution in [2.24, 2.45) is 0 Å². The van der Waals surface area contributed by atoms with E-state index in [1.807, 2.05) is 12.1 Å². The van der Waals surface area contributed by atoms with Crippen LogP contribution >= 0.6 is 0 Å². The Morgan fingerprint density at radius 3 is 2.80 bits per heavy atom. The fourth-order valence-corrected chi connectivity index (χ4v) is 4.01. The normalized spacial score (nSPS) is 15.9. The maximum Gasteiger partial charge on any atom is 0.159 e. The van der Waals surface area contributed by atoms with E-state index in [0.29, 0.717) is 11.5 Å². The first-order valence-corrected chi connectivity index (χ1v) is 10.4. The molecule has 1 aliphatic rings. The van der Waals surface area contributed by atoms with Crippen molar-refractivity contribution in [3.05, 3.63) is 42.2 Å². The number of nitrogens with one attached hydrogen (secondary N) is 3. The molecule has 30 heavy (non-hydrogen) atoms. The SMILES string of the molecule is CN1CCN(CCCNc2ccc3nc(-c4n[nH]c5ccc(F)cc45)[nH]c3c2)CC1. The Bertz CT molecular complexity index is 1160. The van der Waals surface area contributed by atoms with Crippen LogP contribution in [-0.4, -0.2) is 76.3 Å². The van der Waals surface area contributed by atoms with E-state index in [1.54, 1.807) is 6.07 Å². The van der Waals surface area contributed by atoms with Crippen molar-refractivity contribution < 1.29 is 4.39 Å². The highest BCUT2D eigenvalue weighted by Gasteiger charge is 2.14. The lowest BCUT2D eigenvalue weighted by Gasteiger charge is -2.32. The third-order valence-electron chi connectivity index (χ3n) is 5.81. The summed E-state index contributed by atoms with van der Waals surface area (Å²) in [7, 11) is 2.18. The van der Waals surface area contributed by atoms with Crippen molar-refractivity contribution in [2.75, 3.05) is 51.6 Å². The Balaban J connectivity index is 1.25. The molecule has 0 saturated carbocycles. The minimum absolute atomic E-state index is 0.288. The van der Waals surface area contributed by atoms with Crippen LogP contribution in [0.25, 0.3) is 33.5 Å². The summed E-state index contributed by atoms with van der Waals surface area (Å²) >= 11 is 0. The van der Waals surface area contributed by atoms with E-state index in [9.17, 15) is 4.39 Å². The second-order valence-corrected chi connectivity index (χ2v) is 8.00. The number of aromatic amines is 2. The summed E-state index contributed by atoms with van der Waals surface area (Å²) in [6, 6.07) is 10.7. The predicted molar refractivity (Wildman–Crippen MR) is 118 cm³/mol. The molecule has 156 valence electrons. The lowest BCUT2D eigenvalue weighted by Crippen LogP contribution is -2.44. The highest BCUT2D eigenvalue weighted by atomic mass is 19.1. The predicted octanol–water partition coefficient (Wildman–Crippen LogP) is 3.29. The molecule has 0 amide bonds. The van der Waals surface area contributed by atoms with Gasteiger partial charge in [-0.15, -0.1) is 0 Å². The number of hydrogen-bond acceptors (Lipinski definition) is 5. The van der Waals surface area contributed by atoms with E-state index in [4.69, 9.17) is 0 Å². The second-order valence-electron chi connectivity index (χ2n) is 8.00. The zero-order chi connectivity index (χ0) is 20.5. The molecule has 0 spiro atoms. The number of hydrogen-bond donors (Lipinski definition) is 3. The number of rotatable bonds is 6. The third-order valence-corrected chi connectivity index (χ3v) is 5.81. The van der Waals surface area contributed by atoms with Crippen LogP contribution in [0, 0.1) is 5.82 Å². The summed E-state index contributed by atoms with van der Waals surface area (Å²) in [5.41, 5.74) is 4.27. The summed E-state index contributed by atoms with van der Waals surface area (Å²) in [4.78, 5) is 12.9. The zero-order valence-corrected chi connectivity index (χ0v) is 17.1. The Labute approximate surface area is 174 Å². The van der Waals surface area contributed by atoms with Gasteiger partial charge in [0.1, 0.15) is 11.5 Å². The van der Waals surface area contributed by atoms with E-state index in [1.165, 1.54) is 12.1 Å². The van der Waals surface area contributed by atoms with Gasteiger partial charge < -0.3 is 20.1 Å². The summed E-state index contributed by atoms with van der Waals surface area (Å²) in [6.07, 6.45) is 1.11. The highest BCUT2D eigenvalue weighted by molar-refractivity contribution is 5.93. The van der Waals surface area contributed by atoms with Gasteiger partial charge in [0.2, 0.25) is 0 Å². The van der Waals surface area contributed by atoms with Crippen molar-refractivity contribution in [3.8, 4) is 11.5 Å². The second kappa shape index (κ2) is 8.04. The van der Waals surface area contributed by atoms with Gasteiger partial charge in [0.15, 0.2) is 5.82 Å². The molecule has 1 fully saturated rings. The molecule has 1 saturated heterocycles. The van der Waals surface area contributed by atoms with Crippen molar-refractivity contribution in [3.63, 3.8) is 0 Å². The zero-order valence-electron chi connectivity index (χ0n) is 17.1. The molecule has 4 aromatic rings. The fourth-order valence-electron chi connectivity index (χ4n) is 4.01. The van der Waals surface area contributed by atoms with Crippen LogP contribution in [0.1, 0.15) is 6.42 Å². The van der Waals surface area contributed by atoms with Crippen LogP contribution in [0.2, 0.25) is 0 Å². The minimum atomic E-state index is -0.288. The molecule has 2 aromatic carbocycles. The Morgan fingerprint density at radius 2 is 1.93 bits per heavy atom. The van der Waals surface area contributed by atoms with Crippen LogP contribution in [-0.2, 0) is 0 Å². The van der Waals surface area contributed by atoms with Crippen molar-refractivity contribution in [2.45, 2.75) is 6.42 Å². The van der Waals surface area contributed by atoms with E-state index in [2.05, 4.69) is 48.4 Å². The number of benzene rings is 2. The van der Waals surface area contributed by atoms with E-state index in [-0.39, 0.29) is 5.82 Å². The first-order chi connectivity index (χ1) is 14.7. The number of aromatic nitrogens is 4. The number of H-pyrrole nitrogens is 2. The van der Waals surface area contributed by atoms with Crippen LogP contribution < -0.4 is 5.32 Å². The van der Waals surface area contributed by atoms with E-state index < -0.39 is 0 Å². The van der Waals surface area contributed by atoms with Crippen molar-refractivity contribution in [1.29, 1.82) is 0 Å². The summed E-state index contributed by atoms with van der Waals surface area (Å²) in [5.74, 6) is 0.346. The topological polar surface area (TPSA) is 75.9 Å². The summed E-state index contributed by atoms with van der Waals surface area (Å²) < 4.78 is 13.7. The van der Waals surface area contributed by atoms with Crippen LogP contribution in [0.3, 0.4) is 0 Å². The standard InChI is InChI=1S/C22H26FN7/c1-29-9-11-30(12-10-29)8-2-7-24-16-4-6-19-20(14-16)26-22(25-19)21-17-13-15(23)3-5-18(17)27-28-21/h3-6,13-14,24H,2,7-12H2,1H3,(H,25,26)(H,27,28). The van der Waals surface area contributed by atoms with Gasteiger partial charge in [-0.2, -0.15) is 5.10 Å². The summed E-state index contributed by atoms with van der Waals surface area (Å²) in [5, 5.41) is 11.5. The smallest absolute Gasteiger partial charge is 0.159 e. The molecule has 0 unspecified atom stereocenters. The molecule has 2 aromatic heterocycles. The number of piperazine rings is 1. The molecule has 0 aliphatic carbocycles. The largest absolute Gasteiger partial charge is 0.385 e. The molecule has 0 radical (unpaired) electrons. The third kappa shape index (κ3) is 3.88. The maximum atomic E-state index is 13.7. The van der Waals surface area contributed by atoms with Gasteiger partial charge in [0.05, 0.1) is 16.6 Å². The number of anilines is 1. The average Bonchev–Trinajstić information content (AvgIpc) is 3.35. The van der Waals surface area contributed by atoms with Gasteiger partial charge in [-0.25, -0.2) is 9.37 Å². The Hall–Kier alpha value is -2.97. The summed E-state index contributed by atoms with van der Waals surface area (Å²) in [6.45, 7) is 6.69. The molecular weight excluding hydrogens is 381 g/mol. The highest BCUT2D eigenvalue weighted by Crippen LogP contribution is 2.27. The average molecular weight is 407 g/mol. The van der Waals surface area contributed by atoms with E-state index in [0.717, 1.165) is 73.3 Å². The molecule has 1 aliphatic heterocycles. The van der Waals surface area contributed by atoms with Gasteiger partial charge in [-0.3, -0.25) is 5.10 Å². The van der Waals surface area contributed by atoms with Crippen molar-refractivity contribution in [1.82, 2.24) is 30.0 Å². The molecule has 8 heteroatoms. The molecule has 0 atom stereocenters. The monoisotopic (exact) mass is 407 g/mol. The van der Waals surface area contributed by atoms with Crippen LogP contribution in [0.15, 0.2) is 36.4 Å². The minimum Gasteiger partial charge on any atom is -0.385 e. The molecular formula is C22H26FN7. The lowest BCUT2D eigenvalue weighted by atomic mass is 10.2. The fraction of sp³-hybridized carbons (Fsp3) is 0.364. The molecule has 3 heterocycles. The maximum absolute atomic E-state index is 13.7. The number of likely N-dealkylation sites (N-methyl/N-ethyl adjacent to an activating group) is 1. The first-order valence-electron chi connectivity index (χ1n) is 10.4. The first kappa shape index (κ1) is 19.0. The number of nitrogens with zero attached hydrogens (tertiary/aromatic N) is 4. The van der Waals surface area contributed by atoms with E-state index >= 15 is 0 Å².